The van der Waals surface area contributed by atoms with E-state index in [4.69, 9.17) is 0 Å². The van der Waals surface area contributed by atoms with Crippen molar-refractivity contribution in [3.63, 3.8) is 0 Å². The van der Waals surface area contributed by atoms with Gasteiger partial charge in [-0.25, -0.2) is 0 Å². The van der Waals surface area contributed by atoms with Gasteiger partial charge >= 0.3 is 0 Å². The molecule has 0 aromatic heterocycles. The Bertz CT molecular complexity index is 455. The second-order valence-electron chi connectivity index (χ2n) is 3.89. The third kappa shape index (κ3) is 1.72. The zero-order valence-corrected chi connectivity index (χ0v) is 10.4. The Morgan fingerprint density at radius 3 is 2.62 bits per heavy atom. The number of hydrogen-bond acceptors (Lipinski definition) is 1. The van der Waals surface area contributed by atoms with Crippen molar-refractivity contribution in [2.24, 2.45) is 5.92 Å². The fourth-order valence-electron chi connectivity index (χ4n) is 2.07. The van der Waals surface area contributed by atoms with Gasteiger partial charge in [-0.1, -0.05) is 70.6 Å². The predicted octanol–water partition coefficient (Wildman–Crippen LogP) is 3.59. The molecular weight excluding hydrogens is 262 g/mol. The summed E-state index contributed by atoms with van der Waals surface area (Å²) in [6, 6.07) is 12.6. The molecule has 0 radical (unpaired) electrons. The molecule has 2 atom stereocenters. The van der Waals surface area contributed by atoms with Crippen LogP contribution >= 0.6 is 15.9 Å². The summed E-state index contributed by atoms with van der Waals surface area (Å²) in [7, 11) is 0. The maximum Gasteiger partial charge on any atom is 0.0786 e. The van der Waals surface area contributed by atoms with Crippen molar-refractivity contribution >= 4 is 15.9 Å². The number of rotatable bonds is 2. The monoisotopic (exact) mass is 273 g/mol. The lowest BCUT2D eigenvalue weighted by molar-refractivity contribution is 0.520. The van der Waals surface area contributed by atoms with E-state index in [2.05, 4.69) is 40.2 Å². The molecule has 1 aromatic rings. The van der Waals surface area contributed by atoms with Gasteiger partial charge in [0.15, 0.2) is 0 Å². The number of benzene rings is 1. The molecular formula is C14H12BrN. The molecule has 80 valence electrons. The molecule has 0 aliphatic heterocycles. The van der Waals surface area contributed by atoms with Crippen molar-refractivity contribution < 1.29 is 0 Å². The Balaban J connectivity index is 2.51. The molecule has 0 saturated heterocycles. The van der Waals surface area contributed by atoms with Crippen molar-refractivity contribution in [2.45, 2.75) is 5.41 Å². The first-order valence-corrected chi connectivity index (χ1v) is 6.33. The van der Waals surface area contributed by atoms with Crippen LogP contribution in [0.15, 0.2) is 54.6 Å². The Morgan fingerprint density at radius 2 is 2.00 bits per heavy atom. The van der Waals surface area contributed by atoms with E-state index in [0.29, 0.717) is 0 Å². The zero-order chi connectivity index (χ0) is 11.4. The van der Waals surface area contributed by atoms with E-state index in [1.165, 1.54) is 5.56 Å². The van der Waals surface area contributed by atoms with Crippen molar-refractivity contribution in [1.29, 1.82) is 5.26 Å². The summed E-state index contributed by atoms with van der Waals surface area (Å²) >= 11 is 3.55. The minimum absolute atomic E-state index is 0.112. The van der Waals surface area contributed by atoms with E-state index in [1.54, 1.807) is 0 Å². The molecule has 0 spiro atoms. The van der Waals surface area contributed by atoms with Crippen LogP contribution in [0.3, 0.4) is 0 Å². The van der Waals surface area contributed by atoms with E-state index in [9.17, 15) is 5.26 Å². The summed E-state index contributed by atoms with van der Waals surface area (Å²) in [4.78, 5) is 0. The number of nitrogens with zero attached hydrogens (tertiary/aromatic N) is 1. The largest absolute Gasteiger partial charge is 0.198 e. The molecule has 1 aromatic carbocycles. The molecule has 1 aliphatic rings. The standard InChI is InChI=1S/C14H12BrN/c15-11-14(12-6-2-1-3-7-12)9-5-4-8-13(14)10-16/h1-9,13H,11H2. The normalized spacial score (nSPS) is 27.6. The van der Waals surface area contributed by atoms with Crippen molar-refractivity contribution in [3.05, 3.63) is 60.2 Å². The molecule has 0 saturated carbocycles. The van der Waals surface area contributed by atoms with Gasteiger partial charge < -0.3 is 0 Å². The second kappa shape index (κ2) is 4.67. The number of alkyl halides is 1. The van der Waals surface area contributed by atoms with Crippen LogP contribution in [0.4, 0.5) is 0 Å². The quantitative estimate of drug-likeness (QED) is 0.756. The molecule has 2 rings (SSSR count). The Hall–Kier alpha value is -1.33. The SMILES string of the molecule is N#CC1C=CC=CC1(CBr)c1ccccc1. The molecule has 0 N–H and O–H groups in total. The third-order valence-corrected chi connectivity index (χ3v) is 3.96. The van der Waals surface area contributed by atoms with Crippen LogP contribution in [0.2, 0.25) is 0 Å². The molecule has 1 nitrogen and oxygen atoms in total. The molecule has 1 aliphatic carbocycles. The molecule has 0 amide bonds. The van der Waals surface area contributed by atoms with Crippen LogP contribution in [-0.4, -0.2) is 5.33 Å². The van der Waals surface area contributed by atoms with E-state index in [-0.39, 0.29) is 11.3 Å². The highest BCUT2D eigenvalue weighted by Gasteiger charge is 2.37. The van der Waals surface area contributed by atoms with Gasteiger partial charge in [-0.15, -0.1) is 0 Å². The summed E-state index contributed by atoms with van der Waals surface area (Å²) in [5, 5.41) is 10.0. The average molecular weight is 274 g/mol. The fraction of sp³-hybridized carbons (Fsp3) is 0.214. The van der Waals surface area contributed by atoms with Crippen LogP contribution < -0.4 is 0 Å². The summed E-state index contributed by atoms with van der Waals surface area (Å²) in [6.45, 7) is 0. The number of hydrogen-bond donors (Lipinski definition) is 0. The third-order valence-electron chi connectivity index (χ3n) is 3.03. The van der Waals surface area contributed by atoms with Gasteiger partial charge in [0.25, 0.3) is 0 Å². The van der Waals surface area contributed by atoms with Gasteiger partial charge in [-0.3, -0.25) is 0 Å². The summed E-state index contributed by atoms with van der Waals surface area (Å²) < 4.78 is 0. The molecule has 2 heteroatoms. The zero-order valence-electron chi connectivity index (χ0n) is 8.81. The minimum Gasteiger partial charge on any atom is -0.198 e. The van der Waals surface area contributed by atoms with Gasteiger partial charge in [-0.2, -0.15) is 5.26 Å². The Labute approximate surface area is 104 Å². The first-order chi connectivity index (χ1) is 7.83. The van der Waals surface area contributed by atoms with Crippen molar-refractivity contribution in [1.82, 2.24) is 0 Å². The van der Waals surface area contributed by atoms with E-state index < -0.39 is 0 Å². The molecule has 0 fully saturated rings. The van der Waals surface area contributed by atoms with Gasteiger partial charge in [0.2, 0.25) is 0 Å². The summed E-state index contributed by atoms with van der Waals surface area (Å²) in [5.74, 6) is -0.112. The number of halogens is 1. The lowest BCUT2D eigenvalue weighted by atomic mass is 9.70. The molecule has 0 bridgehead atoms. The van der Waals surface area contributed by atoms with Crippen molar-refractivity contribution in [2.75, 3.05) is 5.33 Å². The highest BCUT2D eigenvalue weighted by molar-refractivity contribution is 9.09. The topological polar surface area (TPSA) is 23.8 Å². The summed E-state index contributed by atoms with van der Waals surface area (Å²) in [5.41, 5.74) is 0.948. The summed E-state index contributed by atoms with van der Waals surface area (Å²) in [6.07, 6.45) is 8.04. The van der Waals surface area contributed by atoms with Crippen LogP contribution in [0.25, 0.3) is 0 Å². The van der Waals surface area contributed by atoms with Gasteiger partial charge in [0.05, 0.1) is 12.0 Å². The van der Waals surface area contributed by atoms with Gasteiger partial charge in [0, 0.05) is 10.7 Å². The first kappa shape index (κ1) is 11.2. The number of allylic oxidation sites excluding steroid dienone is 4. The highest BCUT2D eigenvalue weighted by atomic mass is 79.9. The smallest absolute Gasteiger partial charge is 0.0786 e. The van der Waals surface area contributed by atoms with Crippen LogP contribution in [0, 0.1) is 17.2 Å². The fourth-order valence-corrected chi connectivity index (χ4v) is 2.92. The lowest BCUT2D eigenvalue weighted by Crippen LogP contribution is -2.34. The van der Waals surface area contributed by atoms with Crippen LogP contribution in [0.1, 0.15) is 5.56 Å². The van der Waals surface area contributed by atoms with Crippen molar-refractivity contribution in [3.8, 4) is 6.07 Å². The highest BCUT2D eigenvalue weighted by Crippen LogP contribution is 2.38. The van der Waals surface area contributed by atoms with E-state index >= 15 is 0 Å². The molecule has 0 heterocycles. The lowest BCUT2D eigenvalue weighted by Gasteiger charge is -2.33. The van der Waals surface area contributed by atoms with Crippen LogP contribution in [0.5, 0.6) is 0 Å². The van der Waals surface area contributed by atoms with Gasteiger partial charge in [-0.05, 0) is 5.56 Å². The minimum atomic E-state index is -0.231. The second-order valence-corrected chi connectivity index (χ2v) is 4.45. The predicted molar refractivity (Wildman–Crippen MR) is 69.3 cm³/mol. The number of nitriles is 1. The average Bonchev–Trinajstić information content (AvgIpc) is 2.39. The maximum atomic E-state index is 9.26. The Kier molecular flexibility index (Phi) is 3.26. The molecule has 16 heavy (non-hydrogen) atoms. The first-order valence-electron chi connectivity index (χ1n) is 5.20. The van der Waals surface area contributed by atoms with E-state index in [1.807, 2.05) is 36.4 Å². The van der Waals surface area contributed by atoms with Gasteiger partial charge in [0.1, 0.15) is 0 Å². The molecule has 2 unspecified atom stereocenters. The van der Waals surface area contributed by atoms with Crippen LogP contribution in [-0.2, 0) is 5.41 Å². The Morgan fingerprint density at radius 1 is 1.25 bits per heavy atom. The maximum absolute atomic E-state index is 9.26. The van der Waals surface area contributed by atoms with E-state index in [0.717, 1.165) is 5.33 Å².